The normalized spacial score (nSPS) is 10.5. The number of Topliss-reactive ketones (excluding diaryl/α,β-unsaturated/α-hetero) is 1. The van der Waals surface area contributed by atoms with Crippen molar-refractivity contribution in [2.75, 3.05) is 0 Å². The third-order valence-corrected chi connectivity index (χ3v) is 2.92. The summed E-state index contributed by atoms with van der Waals surface area (Å²) in [4.78, 5) is 10.7. The van der Waals surface area contributed by atoms with Crippen LogP contribution in [0, 0.1) is 2.88 Å². The summed E-state index contributed by atoms with van der Waals surface area (Å²) in [6.45, 7) is 0. The van der Waals surface area contributed by atoms with Crippen molar-refractivity contribution in [2.45, 2.75) is 6.43 Å². The summed E-state index contributed by atoms with van der Waals surface area (Å²) in [6, 6.07) is 3.06. The molecule has 60 valence electrons. The van der Waals surface area contributed by atoms with Crippen LogP contribution in [-0.4, -0.2) is 12.2 Å². The Balaban J connectivity index is 2.85. The SMILES string of the molecule is O=C(c1ccc(I)s1)C(F)F. The van der Waals surface area contributed by atoms with Crippen molar-refractivity contribution in [3.05, 3.63) is 19.9 Å². The fraction of sp³-hybridized carbons (Fsp3) is 0.167. The quantitative estimate of drug-likeness (QED) is 0.604. The van der Waals surface area contributed by atoms with E-state index < -0.39 is 12.2 Å². The van der Waals surface area contributed by atoms with Gasteiger partial charge in [0.1, 0.15) is 0 Å². The minimum Gasteiger partial charge on any atom is -0.287 e. The largest absolute Gasteiger partial charge is 0.301 e. The van der Waals surface area contributed by atoms with Gasteiger partial charge in [0.2, 0.25) is 5.78 Å². The Labute approximate surface area is 79.6 Å². The van der Waals surface area contributed by atoms with Gasteiger partial charge in [0, 0.05) is 0 Å². The fourth-order valence-corrected chi connectivity index (χ4v) is 2.12. The van der Waals surface area contributed by atoms with Gasteiger partial charge in [-0.15, -0.1) is 11.3 Å². The highest BCUT2D eigenvalue weighted by Gasteiger charge is 2.18. The zero-order valence-corrected chi connectivity index (χ0v) is 8.16. The molecule has 0 N–H and O–H groups in total. The molecule has 0 spiro atoms. The summed E-state index contributed by atoms with van der Waals surface area (Å²) in [5, 5.41) is 0. The number of rotatable bonds is 2. The average molecular weight is 288 g/mol. The standard InChI is InChI=1S/C6H3F2IOS/c7-6(8)5(10)3-1-2-4(9)11-3/h1-2,6H. The topological polar surface area (TPSA) is 17.1 Å². The zero-order valence-electron chi connectivity index (χ0n) is 5.18. The Hall–Kier alpha value is -0.0400. The molecule has 0 amide bonds. The van der Waals surface area contributed by atoms with Gasteiger partial charge in [0.15, 0.2) is 0 Å². The van der Waals surface area contributed by atoms with E-state index in [1.54, 1.807) is 6.07 Å². The van der Waals surface area contributed by atoms with E-state index in [1.807, 2.05) is 22.6 Å². The first-order chi connectivity index (χ1) is 5.11. The molecule has 0 saturated heterocycles. The summed E-state index contributed by atoms with van der Waals surface area (Å²) in [6.07, 6.45) is -2.88. The maximum Gasteiger partial charge on any atom is 0.301 e. The van der Waals surface area contributed by atoms with Crippen molar-refractivity contribution < 1.29 is 13.6 Å². The van der Waals surface area contributed by atoms with Crippen LogP contribution in [0.5, 0.6) is 0 Å². The lowest BCUT2D eigenvalue weighted by Gasteiger charge is -1.91. The number of halogens is 3. The van der Waals surface area contributed by atoms with Crippen LogP contribution in [0.3, 0.4) is 0 Å². The van der Waals surface area contributed by atoms with Crippen molar-refractivity contribution in [3.8, 4) is 0 Å². The van der Waals surface area contributed by atoms with Gasteiger partial charge in [-0.3, -0.25) is 4.79 Å². The van der Waals surface area contributed by atoms with E-state index in [0.717, 1.165) is 14.2 Å². The monoisotopic (exact) mass is 288 g/mol. The van der Waals surface area contributed by atoms with E-state index in [-0.39, 0.29) is 4.88 Å². The van der Waals surface area contributed by atoms with Gasteiger partial charge in [-0.1, -0.05) is 0 Å². The highest BCUT2D eigenvalue weighted by atomic mass is 127. The summed E-state index contributed by atoms with van der Waals surface area (Å²) < 4.78 is 24.4. The second-order valence-electron chi connectivity index (χ2n) is 1.77. The Morgan fingerprint density at radius 3 is 2.55 bits per heavy atom. The number of thiophene rings is 1. The van der Waals surface area contributed by atoms with E-state index in [2.05, 4.69) is 0 Å². The van der Waals surface area contributed by atoms with Gasteiger partial charge in [0.05, 0.1) is 7.76 Å². The summed E-state index contributed by atoms with van der Waals surface area (Å²) >= 11 is 3.06. The summed E-state index contributed by atoms with van der Waals surface area (Å²) in [7, 11) is 0. The molecular formula is C6H3F2IOS. The second kappa shape index (κ2) is 3.57. The Bertz CT molecular complexity index is 271. The zero-order chi connectivity index (χ0) is 8.43. The number of carbonyl (C=O) groups excluding carboxylic acids is 1. The molecular weight excluding hydrogens is 285 g/mol. The molecule has 0 radical (unpaired) electrons. The molecule has 0 bridgehead atoms. The van der Waals surface area contributed by atoms with Crippen molar-refractivity contribution in [3.63, 3.8) is 0 Å². The third-order valence-electron chi connectivity index (χ3n) is 1.01. The lowest BCUT2D eigenvalue weighted by Crippen LogP contribution is -2.07. The van der Waals surface area contributed by atoms with Crippen molar-refractivity contribution in [1.82, 2.24) is 0 Å². The molecule has 0 aliphatic carbocycles. The van der Waals surface area contributed by atoms with E-state index in [1.165, 1.54) is 6.07 Å². The summed E-state index contributed by atoms with van der Waals surface area (Å²) in [5.74, 6) is -1.09. The first kappa shape index (κ1) is 9.05. The Morgan fingerprint density at radius 2 is 2.18 bits per heavy atom. The number of alkyl halides is 2. The molecule has 0 aliphatic rings. The molecule has 5 heteroatoms. The molecule has 11 heavy (non-hydrogen) atoms. The minimum absolute atomic E-state index is 0.129. The van der Waals surface area contributed by atoms with Gasteiger partial charge in [-0.05, 0) is 34.7 Å². The molecule has 1 heterocycles. The maximum absolute atomic E-state index is 11.8. The fourth-order valence-electron chi connectivity index (χ4n) is 0.554. The third kappa shape index (κ3) is 2.19. The molecule has 1 aromatic heterocycles. The number of carbonyl (C=O) groups is 1. The molecule has 0 saturated carbocycles. The van der Waals surface area contributed by atoms with Crippen LogP contribution in [-0.2, 0) is 0 Å². The van der Waals surface area contributed by atoms with Crippen LogP contribution in [0.15, 0.2) is 12.1 Å². The lowest BCUT2D eigenvalue weighted by molar-refractivity contribution is 0.0683. The van der Waals surface area contributed by atoms with Crippen LogP contribution in [0.4, 0.5) is 8.78 Å². The second-order valence-corrected chi connectivity index (χ2v) is 4.75. The Morgan fingerprint density at radius 1 is 1.55 bits per heavy atom. The molecule has 1 rings (SSSR count). The van der Waals surface area contributed by atoms with Crippen molar-refractivity contribution >= 4 is 39.7 Å². The van der Waals surface area contributed by atoms with Gasteiger partial charge >= 0.3 is 6.43 Å². The number of hydrogen-bond acceptors (Lipinski definition) is 2. The summed E-state index contributed by atoms with van der Waals surface area (Å²) in [5.41, 5.74) is 0. The molecule has 1 aromatic rings. The van der Waals surface area contributed by atoms with Crippen LogP contribution in [0.1, 0.15) is 9.67 Å². The van der Waals surface area contributed by atoms with Gasteiger partial charge in [-0.2, -0.15) is 0 Å². The maximum atomic E-state index is 11.8. The molecule has 0 unspecified atom stereocenters. The first-order valence-electron chi connectivity index (χ1n) is 2.69. The predicted octanol–water partition coefficient (Wildman–Crippen LogP) is 2.80. The van der Waals surface area contributed by atoms with E-state index >= 15 is 0 Å². The Kier molecular flexibility index (Phi) is 2.94. The molecule has 0 atom stereocenters. The van der Waals surface area contributed by atoms with Crippen LogP contribution in [0.2, 0.25) is 0 Å². The van der Waals surface area contributed by atoms with Gasteiger partial charge in [0.25, 0.3) is 0 Å². The number of ketones is 1. The molecule has 0 aromatic carbocycles. The van der Waals surface area contributed by atoms with Crippen LogP contribution in [0.25, 0.3) is 0 Å². The van der Waals surface area contributed by atoms with E-state index in [9.17, 15) is 13.6 Å². The van der Waals surface area contributed by atoms with Crippen molar-refractivity contribution in [2.24, 2.45) is 0 Å². The van der Waals surface area contributed by atoms with E-state index in [4.69, 9.17) is 0 Å². The van der Waals surface area contributed by atoms with Gasteiger partial charge < -0.3 is 0 Å². The first-order valence-corrected chi connectivity index (χ1v) is 4.58. The molecule has 0 aliphatic heterocycles. The van der Waals surface area contributed by atoms with Crippen molar-refractivity contribution in [1.29, 1.82) is 0 Å². The molecule has 1 nitrogen and oxygen atoms in total. The lowest BCUT2D eigenvalue weighted by atomic mass is 10.3. The van der Waals surface area contributed by atoms with Crippen LogP contribution >= 0.6 is 33.9 Å². The molecule has 0 fully saturated rings. The predicted molar refractivity (Wildman–Crippen MR) is 47.4 cm³/mol. The smallest absolute Gasteiger partial charge is 0.287 e. The highest BCUT2D eigenvalue weighted by Crippen LogP contribution is 2.20. The van der Waals surface area contributed by atoms with Gasteiger partial charge in [-0.25, -0.2) is 8.78 Å². The minimum atomic E-state index is -2.88. The van der Waals surface area contributed by atoms with E-state index in [0.29, 0.717) is 0 Å². The average Bonchev–Trinajstić information content (AvgIpc) is 2.34. The highest BCUT2D eigenvalue weighted by molar-refractivity contribution is 14.1. The van der Waals surface area contributed by atoms with Crippen LogP contribution < -0.4 is 0 Å². The number of hydrogen-bond donors (Lipinski definition) is 0.